The van der Waals surface area contributed by atoms with Gasteiger partial charge in [0.05, 0.1) is 12.7 Å². The van der Waals surface area contributed by atoms with Gasteiger partial charge in [0.15, 0.2) is 6.61 Å². The van der Waals surface area contributed by atoms with E-state index in [1.54, 1.807) is 0 Å². The minimum absolute atomic E-state index is 0.116. The number of benzene rings is 1. The molecule has 0 aromatic heterocycles. The molecule has 6 nitrogen and oxygen atoms in total. The van der Waals surface area contributed by atoms with Crippen molar-refractivity contribution in [2.24, 2.45) is 5.92 Å². The largest absolute Gasteiger partial charge is 0.467 e. The summed E-state index contributed by atoms with van der Waals surface area (Å²) in [6, 6.07) is 1.48. The summed E-state index contributed by atoms with van der Waals surface area (Å²) >= 11 is 0. The van der Waals surface area contributed by atoms with Crippen molar-refractivity contribution in [1.82, 2.24) is 5.32 Å². The summed E-state index contributed by atoms with van der Waals surface area (Å²) in [4.78, 5) is 35.0. The Labute approximate surface area is 138 Å². The maximum Gasteiger partial charge on any atom is 0.341 e. The smallest absolute Gasteiger partial charge is 0.341 e. The topological polar surface area (TPSA) is 81.7 Å². The molecule has 0 fully saturated rings. The Hall–Kier alpha value is -2.51. The third-order valence-electron chi connectivity index (χ3n) is 3.01. The second kappa shape index (κ2) is 8.95. The quantitative estimate of drug-likeness (QED) is 0.764. The Morgan fingerprint density at radius 1 is 1.21 bits per heavy atom. The van der Waals surface area contributed by atoms with Crippen LogP contribution in [0.1, 0.15) is 30.6 Å². The van der Waals surface area contributed by atoms with Crippen LogP contribution in [0.15, 0.2) is 18.2 Å². The highest BCUT2D eigenvalue weighted by atomic mass is 19.1. The third-order valence-corrected chi connectivity index (χ3v) is 3.01. The molecule has 0 spiro atoms. The van der Waals surface area contributed by atoms with Gasteiger partial charge in [-0.15, -0.1) is 0 Å². The van der Waals surface area contributed by atoms with Crippen LogP contribution in [0.5, 0.6) is 0 Å². The van der Waals surface area contributed by atoms with Gasteiger partial charge in [-0.2, -0.15) is 0 Å². The minimum atomic E-state index is -1.11. The zero-order chi connectivity index (χ0) is 18.3. The number of ether oxygens (including phenoxy) is 2. The number of rotatable bonds is 7. The molecule has 1 rings (SSSR count). The molecule has 1 atom stereocenters. The summed E-state index contributed by atoms with van der Waals surface area (Å²) in [7, 11) is 1.19. The number of carbonyl (C=O) groups is 3. The third kappa shape index (κ3) is 5.94. The summed E-state index contributed by atoms with van der Waals surface area (Å²) in [5.74, 6) is -4.27. The zero-order valence-corrected chi connectivity index (χ0v) is 13.6. The van der Waals surface area contributed by atoms with E-state index in [1.165, 1.54) is 7.11 Å². The fourth-order valence-electron chi connectivity index (χ4n) is 1.93. The average Bonchev–Trinajstić information content (AvgIpc) is 2.50. The first-order chi connectivity index (χ1) is 11.2. The van der Waals surface area contributed by atoms with Crippen molar-refractivity contribution in [2.75, 3.05) is 13.7 Å². The normalized spacial score (nSPS) is 11.8. The van der Waals surface area contributed by atoms with Crippen molar-refractivity contribution in [3.63, 3.8) is 0 Å². The zero-order valence-electron chi connectivity index (χ0n) is 13.6. The monoisotopic (exact) mass is 343 g/mol. The Morgan fingerprint density at radius 3 is 2.42 bits per heavy atom. The Morgan fingerprint density at radius 2 is 1.88 bits per heavy atom. The maximum absolute atomic E-state index is 13.4. The molecule has 1 aromatic rings. The van der Waals surface area contributed by atoms with E-state index < -0.39 is 47.7 Å². The van der Waals surface area contributed by atoms with Gasteiger partial charge in [-0.3, -0.25) is 4.79 Å². The SMILES string of the molecule is COC(=O)[C@H](CC(C)C)NC(=O)COC(=O)c1ccc(F)cc1F. The molecule has 0 aliphatic carbocycles. The second-order valence-electron chi connectivity index (χ2n) is 5.47. The highest BCUT2D eigenvalue weighted by Gasteiger charge is 2.23. The first-order valence-corrected chi connectivity index (χ1v) is 7.24. The number of hydrogen-bond acceptors (Lipinski definition) is 5. The number of halogens is 2. The molecule has 0 aliphatic rings. The molecule has 1 N–H and O–H groups in total. The maximum atomic E-state index is 13.4. The van der Waals surface area contributed by atoms with Gasteiger partial charge in [0.2, 0.25) is 0 Å². The summed E-state index contributed by atoms with van der Waals surface area (Å²) in [6.45, 7) is 3.01. The van der Waals surface area contributed by atoms with Crippen molar-refractivity contribution < 1.29 is 32.6 Å². The minimum Gasteiger partial charge on any atom is -0.467 e. The van der Waals surface area contributed by atoms with E-state index in [2.05, 4.69) is 14.8 Å². The molecule has 0 heterocycles. The van der Waals surface area contributed by atoms with Gasteiger partial charge in [0.1, 0.15) is 17.7 Å². The number of hydrogen-bond donors (Lipinski definition) is 1. The van der Waals surface area contributed by atoms with Gasteiger partial charge < -0.3 is 14.8 Å². The predicted octanol–water partition coefficient (Wildman–Crippen LogP) is 1.83. The van der Waals surface area contributed by atoms with Crippen LogP contribution in [0.3, 0.4) is 0 Å². The molecule has 132 valence electrons. The lowest BCUT2D eigenvalue weighted by molar-refractivity contribution is -0.145. The Balaban J connectivity index is 2.60. The molecule has 0 radical (unpaired) electrons. The van der Waals surface area contributed by atoms with Gasteiger partial charge in [-0.25, -0.2) is 18.4 Å². The second-order valence-corrected chi connectivity index (χ2v) is 5.47. The molecule has 0 bridgehead atoms. The van der Waals surface area contributed by atoms with Crippen molar-refractivity contribution in [3.8, 4) is 0 Å². The molecule has 8 heteroatoms. The number of amides is 1. The lowest BCUT2D eigenvalue weighted by atomic mass is 10.0. The highest BCUT2D eigenvalue weighted by molar-refractivity contribution is 5.92. The van der Waals surface area contributed by atoms with Gasteiger partial charge in [-0.05, 0) is 24.5 Å². The molecule has 24 heavy (non-hydrogen) atoms. The van der Waals surface area contributed by atoms with Crippen molar-refractivity contribution >= 4 is 17.8 Å². The standard InChI is InChI=1S/C16H19F2NO5/c1-9(2)6-13(16(22)23-3)19-14(20)8-24-15(21)11-5-4-10(17)7-12(11)18/h4-5,7,9,13H,6,8H2,1-3H3,(H,19,20)/t13-/m0/s1. The number of methoxy groups -OCH3 is 1. The van der Waals surface area contributed by atoms with Crippen LogP contribution in [0, 0.1) is 17.6 Å². The van der Waals surface area contributed by atoms with Crippen LogP contribution < -0.4 is 5.32 Å². The van der Waals surface area contributed by atoms with Gasteiger partial charge in [-0.1, -0.05) is 13.8 Å². The van der Waals surface area contributed by atoms with E-state index in [0.29, 0.717) is 12.5 Å². The van der Waals surface area contributed by atoms with Crippen molar-refractivity contribution in [2.45, 2.75) is 26.3 Å². The average molecular weight is 343 g/mol. The fourth-order valence-corrected chi connectivity index (χ4v) is 1.93. The molecular weight excluding hydrogens is 324 g/mol. The summed E-state index contributed by atoms with van der Waals surface area (Å²) < 4.78 is 35.5. The molecule has 0 aliphatic heterocycles. The van der Waals surface area contributed by atoms with Gasteiger partial charge in [0, 0.05) is 6.07 Å². The number of esters is 2. The Kier molecular flexibility index (Phi) is 7.29. The van der Waals surface area contributed by atoms with Crippen LogP contribution in [-0.2, 0) is 19.1 Å². The van der Waals surface area contributed by atoms with Crippen LogP contribution in [0.25, 0.3) is 0 Å². The first kappa shape index (κ1) is 19.5. The first-order valence-electron chi connectivity index (χ1n) is 7.24. The van der Waals surface area contributed by atoms with E-state index in [9.17, 15) is 23.2 Å². The molecule has 0 saturated carbocycles. The molecule has 1 aromatic carbocycles. The van der Waals surface area contributed by atoms with E-state index >= 15 is 0 Å². The van der Waals surface area contributed by atoms with Crippen LogP contribution in [-0.4, -0.2) is 37.6 Å². The van der Waals surface area contributed by atoms with Crippen LogP contribution in [0.2, 0.25) is 0 Å². The number of nitrogens with one attached hydrogen (secondary N) is 1. The summed E-state index contributed by atoms with van der Waals surface area (Å²) in [5.41, 5.74) is -0.490. The van der Waals surface area contributed by atoms with E-state index in [4.69, 9.17) is 0 Å². The molecule has 1 amide bonds. The van der Waals surface area contributed by atoms with E-state index in [-0.39, 0.29) is 5.92 Å². The lowest BCUT2D eigenvalue weighted by Crippen LogP contribution is -2.44. The molecular formula is C16H19F2NO5. The molecule has 0 saturated heterocycles. The van der Waals surface area contributed by atoms with E-state index in [1.807, 2.05) is 13.8 Å². The fraction of sp³-hybridized carbons (Fsp3) is 0.438. The van der Waals surface area contributed by atoms with E-state index in [0.717, 1.165) is 12.1 Å². The summed E-state index contributed by atoms with van der Waals surface area (Å²) in [6.07, 6.45) is 0.346. The highest BCUT2D eigenvalue weighted by Crippen LogP contribution is 2.11. The lowest BCUT2D eigenvalue weighted by Gasteiger charge is -2.18. The van der Waals surface area contributed by atoms with Crippen molar-refractivity contribution in [3.05, 3.63) is 35.4 Å². The van der Waals surface area contributed by atoms with Gasteiger partial charge in [0.25, 0.3) is 5.91 Å². The van der Waals surface area contributed by atoms with Crippen LogP contribution in [0.4, 0.5) is 8.78 Å². The van der Waals surface area contributed by atoms with Crippen LogP contribution >= 0.6 is 0 Å². The predicted molar refractivity (Wildman–Crippen MR) is 80.0 cm³/mol. The summed E-state index contributed by atoms with van der Waals surface area (Å²) in [5, 5.41) is 2.39. The molecule has 0 unspecified atom stereocenters. The van der Waals surface area contributed by atoms with Crippen molar-refractivity contribution in [1.29, 1.82) is 0 Å². The van der Waals surface area contributed by atoms with Gasteiger partial charge >= 0.3 is 11.9 Å². The number of carbonyl (C=O) groups excluding carboxylic acids is 3. The Bertz CT molecular complexity index is 618.